The van der Waals surface area contributed by atoms with Crippen LogP contribution in [-0.2, 0) is 16.4 Å². The molecule has 42 heavy (non-hydrogen) atoms. The van der Waals surface area contributed by atoms with Gasteiger partial charge in [0.1, 0.15) is 5.75 Å². The van der Waals surface area contributed by atoms with Crippen LogP contribution in [0.25, 0.3) is 11.1 Å². The largest absolute Gasteiger partial charge is 0.492 e. The first kappa shape index (κ1) is 32.6. The predicted octanol–water partition coefficient (Wildman–Crippen LogP) is 4.09. The van der Waals surface area contributed by atoms with E-state index in [1.54, 1.807) is 36.4 Å². The highest BCUT2D eigenvalue weighted by Crippen LogP contribution is 2.29. The van der Waals surface area contributed by atoms with E-state index in [1.165, 1.54) is 11.0 Å². The molecule has 0 aliphatic heterocycles. The van der Waals surface area contributed by atoms with Crippen LogP contribution in [0.5, 0.6) is 5.75 Å². The van der Waals surface area contributed by atoms with Crippen molar-refractivity contribution in [2.45, 2.75) is 32.8 Å². The van der Waals surface area contributed by atoms with Crippen LogP contribution in [0.3, 0.4) is 0 Å². The summed E-state index contributed by atoms with van der Waals surface area (Å²) in [7, 11) is -3.91. The van der Waals surface area contributed by atoms with Crippen LogP contribution < -0.4 is 9.46 Å². The van der Waals surface area contributed by atoms with Crippen molar-refractivity contribution >= 4 is 22.0 Å². The van der Waals surface area contributed by atoms with Gasteiger partial charge >= 0.3 is 6.09 Å². The first-order valence-electron chi connectivity index (χ1n) is 13.7. The predicted molar refractivity (Wildman–Crippen MR) is 160 cm³/mol. The van der Waals surface area contributed by atoms with E-state index in [-0.39, 0.29) is 49.1 Å². The van der Waals surface area contributed by atoms with Crippen molar-refractivity contribution in [3.63, 3.8) is 0 Å². The van der Waals surface area contributed by atoms with Gasteiger partial charge in [0.25, 0.3) is 5.91 Å². The van der Waals surface area contributed by atoms with Crippen molar-refractivity contribution < 1.29 is 38.1 Å². The zero-order chi connectivity index (χ0) is 30.7. The average Bonchev–Trinajstić information content (AvgIpc) is 2.97. The van der Waals surface area contributed by atoms with Crippen LogP contribution in [0, 0.1) is 5.92 Å². The lowest BCUT2D eigenvalue weighted by Crippen LogP contribution is -2.35. The molecule has 0 radical (unpaired) electrons. The molecule has 0 unspecified atom stereocenters. The minimum absolute atomic E-state index is 0.0121. The molecule has 0 saturated heterocycles. The van der Waals surface area contributed by atoms with Crippen molar-refractivity contribution in [1.82, 2.24) is 9.62 Å². The highest BCUT2D eigenvalue weighted by molar-refractivity contribution is 7.90. The van der Waals surface area contributed by atoms with Crippen molar-refractivity contribution in [3.05, 3.63) is 89.5 Å². The van der Waals surface area contributed by atoms with Gasteiger partial charge < -0.3 is 25.0 Å². The molecule has 0 aromatic heterocycles. The molecule has 0 aliphatic carbocycles. The topological polar surface area (TPSA) is 153 Å². The Bertz CT molecular complexity index is 1430. The summed E-state index contributed by atoms with van der Waals surface area (Å²) in [6.45, 7) is 4.08. The highest BCUT2D eigenvalue weighted by atomic mass is 32.2. The lowest BCUT2D eigenvalue weighted by Gasteiger charge is -2.22. The second-order valence-corrected chi connectivity index (χ2v) is 12.2. The van der Waals surface area contributed by atoms with E-state index < -0.39 is 28.1 Å². The van der Waals surface area contributed by atoms with Crippen LogP contribution >= 0.6 is 0 Å². The number of nitrogens with one attached hydrogen (secondary N) is 1. The lowest BCUT2D eigenvalue weighted by molar-refractivity contribution is 0.0971. The van der Waals surface area contributed by atoms with E-state index in [9.17, 15) is 28.2 Å². The molecule has 11 heteroatoms. The van der Waals surface area contributed by atoms with Gasteiger partial charge in [0.2, 0.25) is 10.0 Å². The number of hydrogen-bond donors (Lipinski definition) is 4. The van der Waals surface area contributed by atoms with Crippen LogP contribution in [0.4, 0.5) is 4.79 Å². The second-order valence-electron chi connectivity index (χ2n) is 10.3. The molecule has 226 valence electrons. The lowest BCUT2D eigenvalue weighted by atomic mass is 10.0. The molecule has 1 atom stereocenters. The van der Waals surface area contributed by atoms with E-state index in [4.69, 9.17) is 9.84 Å². The Morgan fingerprint density at radius 1 is 0.976 bits per heavy atom. The molecule has 3 rings (SSSR count). The molecule has 0 aliphatic rings. The van der Waals surface area contributed by atoms with Gasteiger partial charge in [0, 0.05) is 13.2 Å². The fraction of sp³-hybridized carbons (Fsp3) is 0.355. The number of rotatable bonds is 15. The molecular weight excluding hydrogens is 560 g/mol. The first-order valence-corrected chi connectivity index (χ1v) is 15.4. The van der Waals surface area contributed by atoms with Gasteiger partial charge in [-0.05, 0) is 53.1 Å². The minimum atomic E-state index is -3.91. The molecule has 4 N–H and O–H groups in total. The number of sulfonamides is 1. The van der Waals surface area contributed by atoms with Gasteiger partial charge in [0.05, 0.1) is 30.6 Å². The maximum absolute atomic E-state index is 12.8. The summed E-state index contributed by atoms with van der Waals surface area (Å²) in [4.78, 5) is 25.8. The van der Waals surface area contributed by atoms with E-state index >= 15 is 0 Å². The number of carbonyl (C=O) groups excluding carboxylic acids is 1. The summed E-state index contributed by atoms with van der Waals surface area (Å²) in [6, 6.07) is 21.3. The summed E-state index contributed by atoms with van der Waals surface area (Å²) in [5.74, 6) is -0.779. The quantitative estimate of drug-likeness (QED) is 0.204. The van der Waals surface area contributed by atoms with Crippen molar-refractivity contribution in [3.8, 4) is 16.9 Å². The van der Waals surface area contributed by atoms with Gasteiger partial charge in [0.15, 0.2) is 0 Å². The number of aliphatic hydroxyl groups excluding tert-OH is 2. The number of carboxylic acid groups (broad SMARTS) is 1. The highest BCUT2D eigenvalue weighted by Gasteiger charge is 2.21. The second kappa shape index (κ2) is 15.3. The monoisotopic (exact) mass is 598 g/mol. The number of carbonyl (C=O) groups is 2. The molecule has 3 aromatic carbocycles. The fourth-order valence-corrected chi connectivity index (χ4v) is 5.15. The maximum Gasteiger partial charge on any atom is 0.407 e. The van der Waals surface area contributed by atoms with Crippen LogP contribution in [0.1, 0.15) is 47.9 Å². The third kappa shape index (κ3) is 9.86. The molecule has 0 saturated carbocycles. The number of hydrogen-bond acceptors (Lipinski definition) is 7. The first-order chi connectivity index (χ1) is 20.0. The zero-order valence-corrected chi connectivity index (χ0v) is 24.6. The Labute approximate surface area is 246 Å². The van der Waals surface area contributed by atoms with Gasteiger partial charge in [-0.3, -0.25) is 4.79 Å². The Hall–Kier alpha value is -3.93. The van der Waals surface area contributed by atoms with Crippen molar-refractivity contribution in [1.29, 1.82) is 0 Å². The molecule has 0 heterocycles. The molecule has 0 fully saturated rings. The Morgan fingerprint density at radius 2 is 1.64 bits per heavy atom. The van der Waals surface area contributed by atoms with Gasteiger partial charge in [-0.25, -0.2) is 17.9 Å². The third-order valence-corrected chi connectivity index (χ3v) is 7.75. The zero-order valence-electron chi connectivity index (χ0n) is 23.8. The number of aliphatic hydroxyl groups is 2. The summed E-state index contributed by atoms with van der Waals surface area (Å²) >= 11 is 0. The maximum atomic E-state index is 12.8. The Balaban J connectivity index is 1.72. The smallest absolute Gasteiger partial charge is 0.407 e. The molecule has 10 nitrogen and oxygen atoms in total. The van der Waals surface area contributed by atoms with E-state index in [1.807, 2.05) is 48.9 Å². The van der Waals surface area contributed by atoms with Gasteiger partial charge in [-0.2, -0.15) is 0 Å². The van der Waals surface area contributed by atoms with E-state index in [2.05, 4.69) is 0 Å². The van der Waals surface area contributed by atoms with Crippen molar-refractivity contribution in [2.75, 3.05) is 32.1 Å². The number of nitrogens with zero attached hydrogens (tertiary/aromatic N) is 1. The summed E-state index contributed by atoms with van der Waals surface area (Å²) in [5, 5.41) is 29.0. The minimum Gasteiger partial charge on any atom is -0.492 e. The molecular formula is C31H38N2O8S. The summed E-state index contributed by atoms with van der Waals surface area (Å²) in [5.41, 5.74) is 3.20. The fourth-order valence-electron chi connectivity index (χ4n) is 4.15. The molecule has 3 aromatic rings. The molecule has 2 amide bonds. The average molecular weight is 599 g/mol. The number of amides is 2. The third-order valence-electron chi connectivity index (χ3n) is 6.42. The van der Waals surface area contributed by atoms with E-state index in [0.717, 1.165) is 16.7 Å². The molecule has 0 bridgehead atoms. The normalized spacial score (nSPS) is 12.1. The SMILES string of the molecule is CC(C)COc1cc(-c2ccc(CCN(C[C@H](O)c3ccccc3)C(=O)O)cc2)ccc1C(=O)NS(=O)(=O)CCCO. The van der Waals surface area contributed by atoms with Crippen LogP contribution in [-0.4, -0.2) is 72.7 Å². The standard InChI is InChI=1S/C31H38N2O8S/c1-22(2)21-41-29-19-26(13-14-27(29)30(36)32-42(39,40)18-6-17-34)24-11-9-23(10-12-24)15-16-33(31(37)38)20-28(35)25-7-4-3-5-8-25/h3-5,7-14,19,22,28,34-35H,6,15-18,20-21H2,1-2H3,(H,32,36)(H,37,38)/t28-/m0/s1. The van der Waals surface area contributed by atoms with Crippen LogP contribution in [0.2, 0.25) is 0 Å². The summed E-state index contributed by atoms with van der Waals surface area (Å²) in [6.07, 6.45) is -1.58. The van der Waals surface area contributed by atoms with Gasteiger partial charge in [-0.1, -0.05) is 74.5 Å². The van der Waals surface area contributed by atoms with Crippen molar-refractivity contribution in [2.24, 2.45) is 5.92 Å². The Kier molecular flexibility index (Phi) is 11.9. The van der Waals surface area contributed by atoms with Gasteiger partial charge in [-0.15, -0.1) is 0 Å². The van der Waals surface area contributed by atoms with Crippen LogP contribution in [0.15, 0.2) is 72.8 Å². The summed E-state index contributed by atoms with van der Waals surface area (Å²) < 4.78 is 32.3. The number of ether oxygens (including phenoxy) is 1. The Morgan fingerprint density at radius 3 is 2.26 bits per heavy atom. The number of benzene rings is 3. The van der Waals surface area contributed by atoms with E-state index in [0.29, 0.717) is 18.6 Å². The molecule has 0 spiro atoms.